The Morgan fingerprint density at radius 1 is 1.33 bits per heavy atom. The number of carbonyl (C=O) groups is 1. The maximum absolute atomic E-state index is 11.9. The van der Waals surface area contributed by atoms with Crippen LogP contribution in [0.4, 0.5) is 13.2 Å². The van der Waals surface area contributed by atoms with Crippen molar-refractivity contribution in [2.45, 2.75) is 6.36 Å². The van der Waals surface area contributed by atoms with Crippen LogP contribution in [0.2, 0.25) is 0 Å². The summed E-state index contributed by atoms with van der Waals surface area (Å²) >= 11 is 0. The number of hydrogen-bond donors (Lipinski definition) is 1. The summed E-state index contributed by atoms with van der Waals surface area (Å²) in [6.45, 7) is -0.0306. The minimum atomic E-state index is -4.75. The number of ether oxygens (including phenoxy) is 1. The minimum absolute atomic E-state index is 0.152. The molecule has 0 aliphatic heterocycles. The Hall–Kier alpha value is -1.76. The SMILES string of the molecule is CN(CCO)C(=O)c1ccc(OC(F)(F)F)cc1. The van der Waals surface area contributed by atoms with E-state index in [4.69, 9.17) is 5.11 Å². The minimum Gasteiger partial charge on any atom is -0.406 e. The van der Waals surface area contributed by atoms with Gasteiger partial charge in [0.05, 0.1) is 6.61 Å². The highest BCUT2D eigenvalue weighted by atomic mass is 19.4. The smallest absolute Gasteiger partial charge is 0.406 e. The molecule has 0 aliphatic carbocycles. The van der Waals surface area contributed by atoms with Gasteiger partial charge in [0.15, 0.2) is 0 Å². The molecule has 0 saturated carbocycles. The van der Waals surface area contributed by atoms with Crippen LogP contribution in [0.1, 0.15) is 10.4 Å². The molecule has 0 unspecified atom stereocenters. The molecule has 0 aromatic heterocycles. The fourth-order valence-electron chi connectivity index (χ4n) is 1.27. The van der Waals surface area contributed by atoms with Gasteiger partial charge in [-0.3, -0.25) is 4.79 Å². The van der Waals surface area contributed by atoms with Gasteiger partial charge in [-0.05, 0) is 24.3 Å². The van der Waals surface area contributed by atoms with Crippen LogP contribution in [0.3, 0.4) is 0 Å². The lowest BCUT2D eigenvalue weighted by atomic mass is 10.2. The number of nitrogens with zero attached hydrogens (tertiary/aromatic N) is 1. The molecule has 100 valence electrons. The van der Waals surface area contributed by atoms with Gasteiger partial charge in [-0.1, -0.05) is 0 Å². The maximum Gasteiger partial charge on any atom is 0.573 e. The Morgan fingerprint density at radius 2 is 1.89 bits per heavy atom. The van der Waals surface area contributed by atoms with Gasteiger partial charge in [0.2, 0.25) is 0 Å². The van der Waals surface area contributed by atoms with Gasteiger partial charge in [-0.25, -0.2) is 0 Å². The molecule has 0 radical (unpaired) electrons. The van der Waals surface area contributed by atoms with E-state index in [2.05, 4.69) is 4.74 Å². The van der Waals surface area contributed by atoms with Crippen LogP contribution in [-0.2, 0) is 0 Å². The van der Waals surface area contributed by atoms with Gasteiger partial charge < -0.3 is 14.7 Å². The third kappa shape index (κ3) is 4.25. The van der Waals surface area contributed by atoms with E-state index in [-0.39, 0.29) is 30.4 Å². The molecule has 1 aromatic carbocycles. The van der Waals surface area contributed by atoms with E-state index in [0.717, 1.165) is 12.1 Å². The van der Waals surface area contributed by atoms with Crippen LogP contribution in [-0.4, -0.2) is 42.5 Å². The molecule has 0 fully saturated rings. The van der Waals surface area contributed by atoms with Crippen molar-refractivity contribution in [2.75, 3.05) is 20.2 Å². The lowest BCUT2D eigenvalue weighted by Gasteiger charge is -2.16. The molecule has 4 nitrogen and oxygen atoms in total. The first-order valence-electron chi connectivity index (χ1n) is 5.05. The van der Waals surface area contributed by atoms with Crippen LogP contribution >= 0.6 is 0 Å². The summed E-state index contributed by atoms with van der Waals surface area (Å²) in [6.07, 6.45) is -4.75. The van der Waals surface area contributed by atoms with Crippen molar-refractivity contribution >= 4 is 5.91 Å². The van der Waals surface area contributed by atoms with Gasteiger partial charge in [0.25, 0.3) is 5.91 Å². The summed E-state index contributed by atoms with van der Waals surface area (Å²) in [5.74, 6) is -0.772. The molecule has 0 bridgehead atoms. The lowest BCUT2D eigenvalue weighted by Crippen LogP contribution is -2.29. The second-order valence-corrected chi connectivity index (χ2v) is 3.52. The summed E-state index contributed by atoms with van der Waals surface area (Å²) in [4.78, 5) is 12.9. The van der Waals surface area contributed by atoms with Crippen LogP contribution < -0.4 is 4.74 Å². The van der Waals surface area contributed by atoms with Crippen molar-refractivity contribution in [1.82, 2.24) is 4.90 Å². The first-order chi connectivity index (χ1) is 8.33. The number of carbonyl (C=O) groups excluding carboxylic acids is 1. The quantitative estimate of drug-likeness (QED) is 0.898. The van der Waals surface area contributed by atoms with E-state index in [1.54, 1.807) is 0 Å². The first kappa shape index (κ1) is 14.3. The highest BCUT2D eigenvalue weighted by Gasteiger charge is 2.31. The Kier molecular flexibility index (Phi) is 4.55. The molecular formula is C11H12F3NO3. The molecule has 0 spiro atoms. The molecule has 7 heteroatoms. The monoisotopic (exact) mass is 263 g/mol. The third-order valence-corrected chi connectivity index (χ3v) is 2.12. The number of halogens is 3. The Morgan fingerprint density at radius 3 is 2.33 bits per heavy atom. The summed E-state index contributed by atoms with van der Waals surface area (Å²) in [7, 11) is 1.48. The van der Waals surface area contributed by atoms with Crippen molar-refractivity contribution < 1.29 is 27.8 Å². The predicted molar refractivity (Wildman–Crippen MR) is 57.2 cm³/mol. The number of likely N-dealkylation sites (N-methyl/N-ethyl adjacent to an activating group) is 1. The fraction of sp³-hybridized carbons (Fsp3) is 0.364. The van der Waals surface area contributed by atoms with Crippen LogP contribution in [0.15, 0.2) is 24.3 Å². The fourth-order valence-corrected chi connectivity index (χ4v) is 1.27. The maximum atomic E-state index is 11.9. The van der Waals surface area contributed by atoms with E-state index in [1.807, 2.05) is 0 Å². The van der Waals surface area contributed by atoms with Gasteiger partial charge in [-0.2, -0.15) is 0 Å². The summed E-state index contributed by atoms with van der Waals surface area (Å²) < 4.78 is 39.4. The number of amides is 1. The number of benzene rings is 1. The highest BCUT2D eigenvalue weighted by Crippen LogP contribution is 2.22. The van der Waals surface area contributed by atoms with Crippen molar-refractivity contribution in [3.8, 4) is 5.75 Å². The largest absolute Gasteiger partial charge is 0.573 e. The summed E-state index contributed by atoms with van der Waals surface area (Å²) in [6, 6.07) is 4.59. The molecule has 0 heterocycles. The zero-order chi connectivity index (χ0) is 13.8. The van der Waals surface area contributed by atoms with Gasteiger partial charge in [-0.15, -0.1) is 13.2 Å². The molecule has 0 atom stereocenters. The van der Waals surface area contributed by atoms with Crippen molar-refractivity contribution in [3.63, 3.8) is 0 Å². The molecular weight excluding hydrogens is 251 g/mol. The van der Waals surface area contributed by atoms with Crippen molar-refractivity contribution in [3.05, 3.63) is 29.8 Å². The summed E-state index contributed by atoms with van der Waals surface area (Å²) in [5.41, 5.74) is 0.223. The second kappa shape index (κ2) is 5.72. The van der Waals surface area contributed by atoms with Crippen molar-refractivity contribution in [2.24, 2.45) is 0 Å². The number of aliphatic hydroxyl groups is 1. The summed E-state index contributed by atoms with van der Waals surface area (Å²) in [5, 5.41) is 8.67. The first-order valence-corrected chi connectivity index (χ1v) is 5.05. The van der Waals surface area contributed by atoms with E-state index < -0.39 is 6.36 Å². The standard InChI is InChI=1S/C11H12F3NO3/c1-15(6-7-16)10(17)8-2-4-9(5-3-8)18-11(12,13)14/h2-5,16H,6-7H2,1H3. The second-order valence-electron chi connectivity index (χ2n) is 3.52. The predicted octanol–water partition coefficient (Wildman–Crippen LogP) is 1.65. The molecule has 18 heavy (non-hydrogen) atoms. The number of aliphatic hydroxyl groups excluding tert-OH is 1. The van der Waals surface area contributed by atoms with E-state index in [9.17, 15) is 18.0 Å². The molecule has 1 amide bonds. The van der Waals surface area contributed by atoms with Gasteiger partial charge in [0, 0.05) is 19.2 Å². The lowest BCUT2D eigenvalue weighted by molar-refractivity contribution is -0.274. The number of hydrogen-bond acceptors (Lipinski definition) is 3. The average molecular weight is 263 g/mol. The molecule has 0 aliphatic rings. The molecule has 0 saturated heterocycles. The average Bonchev–Trinajstić information content (AvgIpc) is 2.27. The zero-order valence-corrected chi connectivity index (χ0v) is 9.57. The zero-order valence-electron chi connectivity index (χ0n) is 9.57. The molecule has 1 rings (SSSR count). The normalized spacial score (nSPS) is 11.2. The Labute approximate surface area is 102 Å². The highest BCUT2D eigenvalue weighted by molar-refractivity contribution is 5.94. The van der Waals surface area contributed by atoms with Crippen LogP contribution in [0.25, 0.3) is 0 Å². The van der Waals surface area contributed by atoms with Gasteiger partial charge in [0.1, 0.15) is 5.75 Å². The van der Waals surface area contributed by atoms with Crippen molar-refractivity contribution in [1.29, 1.82) is 0 Å². The van der Waals surface area contributed by atoms with Crippen LogP contribution in [0, 0.1) is 0 Å². The number of rotatable bonds is 4. The molecule has 1 aromatic rings. The van der Waals surface area contributed by atoms with E-state index in [1.165, 1.54) is 24.1 Å². The van der Waals surface area contributed by atoms with Crippen LogP contribution in [0.5, 0.6) is 5.75 Å². The Balaban J connectivity index is 2.74. The topological polar surface area (TPSA) is 49.8 Å². The Bertz CT molecular complexity index is 403. The van der Waals surface area contributed by atoms with E-state index in [0.29, 0.717) is 0 Å². The third-order valence-electron chi connectivity index (χ3n) is 2.12. The van der Waals surface area contributed by atoms with Gasteiger partial charge >= 0.3 is 6.36 Å². The molecule has 1 N–H and O–H groups in total. The number of alkyl halides is 3. The van der Waals surface area contributed by atoms with E-state index >= 15 is 0 Å².